The Morgan fingerprint density at radius 3 is 2.52 bits per heavy atom. The van der Waals surface area contributed by atoms with E-state index in [0.717, 1.165) is 12.8 Å². The molecule has 0 saturated carbocycles. The number of rotatable bonds is 5. The van der Waals surface area contributed by atoms with Crippen molar-refractivity contribution < 1.29 is 4.79 Å². The first-order valence-corrected chi connectivity index (χ1v) is 10.00. The van der Waals surface area contributed by atoms with Gasteiger partial charge in [-0.2, -0.15) is 0 Å². The lowest BCUT2D eigenvalue weighted by atomic mass is 9.66. The van der Waals surface area contributed by atoms with Crippen LogP contribution in [0.25, 0.3) is 0 Å². The third-order valence-electron chi connectivity index (χ3n) is 5.57. The van der Waals surface area contributed by atoms with Crippen molar-refractivity contribution in [3.8, 4) is 0 Å². The maximum Gasteiger partial charge on any atom is 0.167 e. The van der Waals surface area contributed by atoms with Crippen molar-refractivity contribution in [2.24, 2.45) is 11.8 Å². The van der Waals surface area contributed by atoms with Gasteiger partial charge in [-0.3, -0.25) is 4.79 Å². The molecule has 0 aliphatic heterocycles. The van der Waals surface area contributed by atoms with Crippen LogP contribution in [0.3, 0.4) is 0 Å². The highest BCUT2D eigenvalue weighted by molar-refractivity contribution is 6.31. The number of benzene rings is 2. The monoisotopic (exact) mass is 378 g/mol. The molecular weight excluding hydrogens is 352 g/mol. The molecular formula is C25H27ClO. The average molecular weight is 379 g/mol. The highest BCUT2D eigenvalue weighted by Gasteiger charge is 2.39. The summed E-state index contributed by atoms with van der Waals surface area (Å²) in [6.07, 6.45) is 6.37. The van der Waals surface area contributed by atoms with Crippen LogP contribution in [0.15, 0.2) is 77.9 Å². The summed E-state index contributed by atoms with van der Waals surface area (Å²) in [6, 6.07) is 17.8. The molecule has 0 aromatic heterocycles. The van der Waals surface area contributed by atoms with Gasteiger partial charge < -0.3 is 0 Å². The quantitative estimate of drug-likeness (QED) is 0.395. The number of ketones is 1. The first kappa shape index (κ1) is 19.6. The Balaban J connectivity index is 2.05. The third-order valence-corrected chi connectivity index (χ3v) is 5.80. The smallest absolute Gasteiger partial charge is 0.167 e. The molecule has 2 heteroatoms. The van der Waals surface area contributed by atoms with Gasteiger partial charge >= 0.3 is 0 Å². The van der Waals surface area contributed by atoms with Crippen LogP contribution in [0.4, 0.5) is 0 Å². The standard InChI is InChI=1S/C25H27ClO/c1-17(2)12-14-22-18(3)13-15-23(19-8-5-4-6-9-19)24(22)25(27)20-10-7-11-21(26)16-20/h4-13,16,22-24H,14-15H2,1-3H3/t22-,23+,24-/m1/s1. The minimum Gasteiger partial charge on any atom is -0.294 e. The molecule has 3 rings (SSSR count). The molecule has 3 atom stereocenters. The molecule has 2 aromatic carbocycles. The molecule has 0 spiro atoms. The lowest BCUT2D eigenvalue weighted by Crippen LogP contribution is -2.33. The van der Waals surface area contributed by atoms with Crippen molar-refractivity contribution in [1.82, 2.24) is 0 Å². The van der Waals surface area contributed by atoms with Crippen molar-refractivity contribution in [2.75, 3.05) is 0 Å². The van der Waals surface area contributed by atoms with Gasteiger partial charge in [-0.15, -0.1) is 0 Å². The molecule has 0 N–H and O–H groups in total. The van der Waals surface area contributed by atoms with Crippen LogP contribution >= 0.6 is 11.6 Å². The number of Topliss-reactive ketones (excluding diaryl/α,β-unsaturated/α-hetero) is 1. The topological polar surface area (TPSA) is 17.1 Å². The van der Waals surface area contributed by atoms with Gasteiger partial charge in [0.05, 0.1) is 0 Å². The van der Waals surface area contributed by atoms with E-state index in [1.807, 2.05) is 24.3 Å². The molecule has 0 saturated heterocycles. The number of carbonyl (C=O) groups excluding carboxylic acids is 1. The van der Waals surface area contributed by atoms with E-state index in [-0.39, 0.29) is 23.5 Å². The zero-order valence-electron chi connectivity index (χ0n) is 16.3. The van der Waals surface area contributed by atoms with Crippen LogP contribution in [0.5, 0.6) is 0 Å². The number of hydrogen-bond donors (Lipinski definition) is 0. The molecule has 1 nitrogen and oxygen atoms in total. The van der Waals surface area contributed by atoms with E-state index >= 15 is 0 Å². The summed E-state index contributed by atoms with van der Waals surface area (Å²) >= 11 is 6.18. The second-order valence-electron chi connectivity index (χ2n) is 7.73. The van der Waals surface area contributed by atoms with E-state index in [0.29, 0.717) is 10.6 Å². The Morgan fingerprint density at radius 2 is 1.85 bits per heavy atom. The van der Waals surface area contributed by atoms with Gasteiger partial charge in [0.1, 0.15) is 0 Å². The molecule has 0 heterocycles. The molecule has 0 radical (unpaired) electrons. The van der Waals surface area contributed by atoms with E-state index in [1.54, 1.807) is 6.07 Å². The van der Waals surface area contributed by atoms with Gasteiger partial charge in [-0.25, -0.2) is 0 Å². The minimum atomic E-state index is -0.0773. The maximum absolute atomic E-state index is 13.6. The van der Waals surface area contributed by atoms with E-state index in [4.69, 9.17) is 11.6 Å². The van der Waals surface area contributed by atoms with Crippen LogP contribution in [0.1, 0.15) is 55.5 Å². The fraction of sp³-hybridized carbons (Fsp3) is 0.320. The molecule has 0 amide bonds. The van der Waals surface area contributed by atoms with Gasteiger partial charge in [-0.05, 0) is 63.1 Å². The van der Waals surface area contributed by atoms with E-state index in [2.05, 4.69) is 57.2 Å². The van der Waals surface area contributed by atoms with Crippen molar-refractivity contribution in [1.29, 1.82) is 0 Å². The van der Waals surface area contributed by atoms with Crippen LogP contribution in [-0.4, -0.2) is 5.78 Å². The molecule has 1 aliphatic carbocycles. The zero-order valence-corrected chi connectivity index (χ0v) is 17.0. The predicted molar refractivity (Wildman–Crippen MR) is 114 cm³/mol. The Morgan fingerprint density at radius 1 is 1.11 bits per heavy atom. The summed E-state index contributed by atoms with van der Waals surface area (Å²) in [5.41, 5.74) is 4.56. The van der Waals surface area contributed by atoms with Crippen LogP contribution in [0, 0.1) is 11.8 Å². The fourth-order valence-electron chi connectivity index (χ4n) is 4.11. The normalized spacial score (nSPS) is 22.1. The lowest BCUT2D eigenvalue weighted by molar-refractivity contribution is 0.0850. The molecule has 2 aromatic rings. The highest BCUT2D eigenvalue weighted by Crippen LogP contribution is 2.44. The summed E-state index contributed by atoms with van der Waals surface area (Å²) < 4.78 is 0. The zero-order chi connectivity index (χ0) is 19.4. The minimum absolute atomic E-state index is 0.0773. The van der Waals surface area contributed by atoms with Crippen LogP contribution in [0.2, 0.25) is 5.02 Å². The molecule has 0 fully saturated rings. The summed E-state index contributed by atoms with van der Waals surface area (Å²) in [4.78, 5) is 13.6. The number of carbonyl (C=O) groups is 1. The second-order valence-corrected chi connectivity index (χ2v) is 8.16. The molecule has 0 bridgehead atoms. The van der Waals surface area contributed by atoms with Gasteiger partial charge in [0.25, 0.3) is 0 Å². The van der Waals surface area contributed by atoms with Gasteiger partial charge in [0.2, 0.25) is 0 Å². The van der Waals surface area contributed by atoms with Gasteiger partial charge in [0.15, 0.2) is 5.78 Å². The third kappa shape index (κ3) is 4.59. The highest BCUT2D eigenvalue weighted by atomic mass is 35.5. The SMILES string of the molecule is CC(C)=CC[C@@H]1C(C)=CC[C@@H](c2ccccc2)[C@@H]1C(=O)c1cccc(Cl)c1. The maximum atomic E-state index is 13.6. The van der Waals surface area contributed by atoms with Crippen molar-refractivity contribution >= 4 is 17.4 Å². The van der Waals surface area contributed by atoms with E-state index in [9.17, 15) is 4.79 Å². The van der Waals surface area contributed by atoms with Gasteiger partial charge in [0, 0.05) is 16.5 Å². The lowest BCUT2D eigenvalue weighted by Gasteiger charge is -2.37. The first-order valence-electron chi connectivity index (χ1n) is 9.62. The molecule has 140 valence electrons. The number of allylic oxidation sites excluding steroid dienone is 4. The predicted octanol–water partition coefficient (Wildman–Crippen LogP) is 7.25. The summed E-state index contributed by atoms with van der Waals surface area (Å²) in [5.74, 6) is 0.528. The average Bonchev–Trinajstić information content (AvgIpc) is 2.66. The largest absolute Gasteiger partial charge is 0.294 e. The van der Waals surface area contributed by atoms with Crippen molar-refractivity contribution in [2.45, 2.75) is 39.5 Å². The van der Waals surface area contributed by atoms with Crippen LogP contribution < -0.4 is 0 Å². The Kier molecular flexibility index (Phi) is 6.34. The van der Waals surface area contributed by atoms with Gasteiger partial charge in [-0.1, -0.05) is 77.4 Å². The molecule has 0 unspecified atom stereocenters. The Labute approximate surface area is 167 Å². The molecule has 27 heavy (non-hydrogen) atoms. The van der Waals surface area contributed by atoms with Crippen molar-refractivity contribution in [3.63, 3.8) is 0 Å². The molecule has 1 aliphatic rings. The summed E-state index contributed by atoms with van der Waals surface area (Å²) in [6.45, 7) is 6.40. The Bertz CT molecular complexity index is 859. The van der Waals surface area contributed by atoms with E-state index < -0.39 is 0 Å². The Hall–Kier alpha value is -2.12. The fourth-order valence-corrected chi connectivity index (χ4v) is 4.30. The van der Waals surface area contributed by atoms with E-state index in [1.165, 1.54) is 16.7 Å². The first-order chi connectivity index (χ1) is 13.0. The summed E-state index contributed by atoms with van der Waals surface area (Å²) in [7, 11) is 0. The summed E-state index contributed by atoms with van der Waals surface area (Å²) in [5, 5.41) is 0.612. The number of hydrogen-bond acceptors (Lipinski definition) is 1. The number of halogens is 1. The second kappa shape index (κ2) is 8.71. The van der Waals surface area contributed by atoms with Crippen LogP contribution in [-0.2, 0) is 0 Å². The van der Waals surface area contributed by atoms with Crippen molar-refractivity contribution in [3.05, 3.63) is 94.0 Å².